The van der Waals surface area contributed by atoms with Crippen LogP contribution in [0.25, 0.3) is 0 Å². The Balaban J connectivity index is 2.78. The van der Waals surface area contributed by atoms with Crippen molar-refractivity contribution in [3.63, 3.8) is 0 Å². The maximum absolute atomic E-state index is 5.70. The zero-order valence-electron chi connectivity index (χ0n) is 6.63. The monoisotopic (exact) mass is 258 g/mol. The first kappa shape index (κ1) is 9.13. The molecule has 3 heteroatoms. The quantitative estimate of drug-likeness (QED) is 0.832. The van der Waals surface area contributed by atoms with Gasteiger partial charge in [-0.15, -0.1) is 0 Å². The van der Waals surface area contributed by atoms with E-state index in [9.17, 15) is 0 Å². The van der Waals surface area contributed by atoms with Gasteiger partial charge in [0, 0.05) is 0 Å². The Kier molecular flexibility index (Phi) is 3.45. The summed E-state index contributed by atoms with van der Waals surface area (Å²) in [6.07, 6.45) is 2.82. The normalized spacial score (nSPS) is 13.4. The first-order valence-electron chi connectivity index (χ1n) is 3.72. The summed E-state index contributed by atoms with van der Waals surface area (Å²) in [5.41, 5.74) is 6.98. The molecule has 1 rings (SSSR count). The van der Waals surface area contributed by atoms with Gasteiger partial charge in [-0.3, -0.25) is 0 Å². The van der Waals surface area contributed by atoms with E-state index >= 15 is 0 Å². The Labute approximate surface area is 80.2 Å². The van der Waals surface area contributed by atoms with E-state index in [0.29, 0.717) is 0 Å². The summed E-state index contributed by atoms with van der Waals surface area (Å²) in [5, 5.41) is 0. The third-order valence-electron chi connectivity index (χ3n) is 1.59. The maximum atomic E-state index is 5.70. The second-order valence-electron chi connectivity index (χ2n) is 2.60. The second kappa shape index (κ2) is 4.16. The van der Waals surface area contributed by atoms with Gasteiger partial charge in [0.15, 0.2) is 0 Å². The summed E-state index contributed by atoms with van der Waals surface area (Å²) in [4.78, 5) is 0. The molecule has 0 fully saturated rings. The van der Waals surface area contributed by atoms with Crippen LogP contribution >= 0.6 is 0 Å². The molecule has 0 bridgehead atoms. The van der Waals surface area contributed by atoms with E-state index in [1.807, 2.05) is 13.0 Å². The van der Waals surface area contributed by atoms with Gasteiger partial charge < -0.3 is 0 Å². The molecule has 1 unspecified atom stereocenters. The van der Waals surface area contributed by atoms with Crippen molar-refractivity contribution in [1.29, 1.82) is 0 Å². The Bertz CT molecular complexity index is 220. The molecular weight excluding hydrogens is 245 g/mol. The minimum atomic E-state index is 0.0300. The number of hydrogen-bond acceptors (Lipinski definition) is 2. The number of aryl methyl sites for hydroxylation is 1. The van der Waals surface area contributed by atoms with Gasteiger partial charge in [-0.2, -0.15) is 0 Å². The first-order valence-corrected chi connectivity index (χ1v) is 5.74. The second-order valence-corrected chi connectivity index (χ2v) is 4.03. The summed E-state index contributed by atoms with van der Waals surface area (Å²) in [6.45, 7) is 1.95. The van der Waals surface area contributed by atoms with Crippen LogP contribution in [0.5, 0.6) is 0 Å². The summed E-state index contributed by atoms with van der Waals surface area (Å²) in [7, 11) is 0. The summed E-state index contributed by atoms with van der Waals surface area (Å²) in [6, 6.07) is 2.05. The van der Waals surface area contributed by atoms with Crippen LogP contribution in [0.15, 0.2) is 16.7 Å². The minimum absolute atomic E-state index is 0.0300. The average Bonchev–Trinajstić information content (AvgIpc) is 2.36. The predicted molar refractivity (Wildman–Crippen MR) is 45.6 cm³/mol. The number of furan rings is 1. The van der Waals surface area contributed by atoms with Crippen molar-refractivity contribution >= 4 is 22.5 Å². The molecule has 0 spiro atoms. The van der Waals surface area contributed by atoms with Crippen LogP contribution in [-0.4, -0.2) is 22.5 Å². The van der Waals surface area contributed by atoms with Crippen LogP contribution in [-0.2, 0) is 6.42 Å². The van der Waals surface area contributed by atoms with Gasteiger partial charge in [-0.05, 0) is 0 Å². The molecule has 0 aliphatic carbocycles. The van der Waals surface area contributed by atoms with Crippen molar-refractivity contribution in [2.75, 3.05) is 0 Å². The van der Waals surface area contributed by atoms with Crippen LogP contribution in [0.2, 0.25) is 4.44 Å². The Morgan fingerprint density at radius 3 is 3.00 bits per heavy atom. The van der Waals surface area contributed by atoms with Crippen LogP contribution in [0.1, 0.15) is 24.3 Å². The van der Waals surface area contributed by atoms with Gasteiger partial charge in [0.1, 0.15) is 0 Å². The van der Waals surface area contributed by atoms with E-state index in [4.69, 9.17) is 10.2 Å². The van der Waals surface area contributed by atoms with E-state index in [0.717, 1.165) is 12.2 Å². The van der Waals surface area contributed by atoms with Crippen LogP contribution in [0.4, 0.5) is 0 Å². The topological polar surface area (TPSA) is 39.2 Å². The van der Waals surface area contributed by atoms with E-state index in [2.05, 4.69) is 0 Å². The molecule has 11 heavy (non-hydrogen) atoms. The van der Waals surface area contributed by atoms with Gasteiger partial charge >= 0.3 is 80.2 Å². The molecule has 0 aliphatic rings. The van der Waals surface area contributed by atoms with Crippen LogP contribution in [0, 0.1) is 0 Å². The molecule has 0 amide bonds. The molecule has 2 N–H and O–H groups in total. The van der Waals surface area contributed by atoms with E-state index in [1.54, 1.807) is 28.8 Å². The molecule has 0 saturated heterocycles. The predicted octanol–water partition coefficient (Wildman–Crippen LogP) is 1.43. The van der Waals surface area contributed by atoms with Crippen molar-refractivity contribution in [2.24, 2.45) is 5.73 Å². The van der Waals surface area contributed by atoms with Gasteiger partial charge in [-0.25, -0.2) is 0 Å². The van der Waals surface area contributed by atoms with Gasteiger partial charge in [0.05, 0.1) is 0 Å². The molecule has 59 valence electrons. The van der Waals surface area contributed by atoms with Gasteiger partial charge in [-0.1, -0.05) is 0 Å². The molecule has 1 aromatic rings. The molecular formula is C8H12NOSn. The fraction of sp³-hybridized carbons (Fsp3) is 0.500. The standard InChI is InChI=1S/C8H12NO.Sn/c1-3-7-4-5-10-8(7)6(2)9;/h4-6H,1,3,9H2,2H3;. The van der Waals surface area contributed by atoms with Gasteiger partial charge in [0.2, 0.25) is 0 Å². The number of hydrogen-bond donors (Lipinski definition) is 1. The molecule has 1 atom stereocenters. The third kappa shape index (κ3) is 2.23. The zero-order valence-corrected chi connectivity index (χ0v) is 9.49. The molecule has 0 aliphatic heterocycles. The summed E-state index contributed by atoms with van der Waals surface area (Å²) < 4.78 is 6.49. The molecule has 1 heterocycles. The van der Waals surface area contributed by atoms with Gasteiger partial charge in [0.25, 0.3) is 0 Å². The van der Waals surface area contributed by atoms with Crippen molar-refractivity contribution < 1.29 is 4.42 Å². The summed E-state index contributed by atoms with van der Waals surface area (Å²) in [5.74, 6) is 0.951. The van der Waals surface area contributed by atoms with Crippen molar-refractivity contribution in [3.05, 3.63) is 23.7 Å². The van der Waals surface area contributed by atoms with E-state index < -0.39 is 0 Å². The molecule has 0 aromatic carbocycles. The average molecular weight is 257 g/mol. The number of nitrogens with two attached hydrogens (primary N) is 1. The molecule has 3 radical (unpaired) electrons. The van der Waals surface area contributed by atoms with Crippen molar-refractivity contribution in [1.82, 2.24) is 0 Å². The van der Waals surface area contributed by atoms with Crippen LogP contribution in [0.3, 0.4) is 0 Å². The Morgan fingerprint density at radius 1 is 1.73 bits per heavy atom. The fourth-order valence-corrected chi connectivity index (χ4v) is 1.86. The third-order valence-corrected chi connectivity index (χ3v) is 2.30. The van der Waals surface area contributed by atoms with E-state index in [-0.39, 0.29) is 6.04 Å². The Hall–Kier alpha value is 0.0387. The molecule has 0 saturated carbocycles. The molecule has 2 nitrogen and oxygen atoms in total. The molecule has 1 aromatic heterocycles. The SMILES string of the molecule is CC(N)c1occc1C[CH2][Sn]. The van der Waals surface area contributed by atoms with E-state index in [1.165, 1.54) is 10.0 Å². The van der Waals surface area contributed by atoms with Crippen LogP contribution < -0.4 is 5.73 Å². The zero-order chi connectivity index (χ0) is 8.27. The Morgan fingerprint density at radius 2 is 2.45 bits per heavy atom. The first-order chi connectivity index (χ1) is 5.25. The van der Waals surface area contributed by atoms with Crippen molar-refractivity contribution in [2.45, 2.75) is 23.8 Å². The fourth-order valence-electron chi connectivity index (χ4n) is 1.09. The summed E-state index contributed by atoms with van der Waals surface area (Å²) >= 11 is 1.56. The number of rotatable bonds is 3. The van der Waals surface area contributed by atoms with Crippen molar-refractivity contribution in [3.8, 4) is 0 Å².